The highest BCUT2D eigenvalue weighted by Gasteiger charge is 2.28. The van der Waals surface area contributed by atoms with Crippen LogP contribution < -0.4 is 0 Å². The molecule has 0 amide bonds. The van der Waals surface area contributed by atoms with Crippen molar-refractivity contribution in [2.75, 3.05) is 39.3 Å². The van der Waals surface area contributed by atoms with Gasteiger partial charge in [0.2, 0.25) is 0 Å². The van der Waals surface area contributed by atoms with Gasteiger partial charge in [-0.25, -0.2) is 0 Å². The minimum atomic E-state index is -0.288. The normalized spacial score (nSPS) is 22.9. The van der Waals surface area contributed by atoms with Crippen molar-refractivity contribution in [3.8, 4) is 0 Å². The van der Waals surface area contributed by atoms with Crippen molar-refractivity contribution in [1.29, 1.82) is 0 Å². The molecule has 1 aliphatic rings. The molecule has 0 aromatic heterocycles. The number of nitrogens with zero attached hydrogens (tertiary/aromatic N) is 2. The van der Waals surface area contributed by atoms with Crippen LogP contribution in [0.25, 0.3) is 0 Å². The number of β-amino-alcohol motifs (C(OH)–C–C–N with tert-alkyl or cyclic N) is 2. The van der Waals surface area contributed by atoms with Crippen LogP contribution in [0.1, 0.15) is 48.0 Å². The van der Waals surface area contributed by atoms with E-state index in [9.17, 15) is 10.2 Å². The summed E-state index contributed by atoms with van der Waals surface area (Å²) in [4.78, 5) is 4.72. The molecule has 1 heterocycles. The minimum Gasteiger partial charge on any atom is -0.391 e. The van der Waals surface area contributed by atoms with Gasteiger partial charge in [0.05, 0.1) is 12.2 Å². The van der Waals surface area contributed by atoms with Gasteiger partial charge in [-0.15, -0.1) is 0 Å². The molecule has 2 atom stereocenters. The number of aliphatic hydroxyl groups is 2. The van der Waals surface area contributed by atoms with Crippen molar-refractivity contribution >= 4 is 0 Å². The van der Waals surface area contributed by atoms with Gasteiger partial charge in [0.15, 0.2) is 0 Å². The SMILES string of the molecule is CC(C)(C)[C@H](O)CN1CCCN(C[C@@H](O)C(C)(C)C)CC1. The molecule has 0 spiro atoms. The van der Waals surface area contributed by atoms with Gasteiger partial charge >= 0.3 is 0 Å². The first-order valence-corrected chi connectivity index (χ1v) is 8.31. The topological polar surface area (TPSA) is 46.9 Å². The lowest BCUT2D eigenvalue weighted by molar-refractivity contribution is 0.0227. The summed E-state index contributed by atoms with van der Waals surface area (Å²) in [7, 11) is 0. The summed E-state index contributed by atoms with van der Waals surface area (Å²) in [5, 5.41) is 20.5. The van der Waals surface area contributed by atoms with E-state index in [4.69, 9.17) is 0 Å². The van der Waals surface area contributed by atoms with Crippen molar-refractivity contribution in [2.24, 2.45) is 10.8 Å². The lowest BCUT2D eigenvalue weighted by Crippen LogP contribution is -2.43. The molecule has 0 aromatic rings. The first-order valence-electron chi connectivity index (χ1n) is 8.31. The van der Waals surface area contributed by atoms with E-state index in [1.165, 1.54) is 0 Å². The van der Waals surface area contributed by atoms with Crippen LogP contribution >= 0.6 is 0 Å². The molecular formula is C17H36N2O2. The molecule has 0 bridgehead atoms. The zero-order valence-electron chi connectivity index (χ0n) is 14.9. The smallest absolute Gasteiger partial charge is 0.0715 e. The first kappa shape index (κ1) is 18.9. The van der Waals surface area contributed by atoms with Crippen molar-refractivity contribution in [2.45, 2.75) is 60.2 Å². The summed E-state index contributed by atoms with van der Waals surface area (Å²) in [6.07, 6.45) is 0.529. The van der Waals surface area contributed by atoms with Gasteiger partial charge in [0.1, 0.15) is 0 Å². The quantitative estimate of drug-likeness (QED) is 0.831. The highest BCUT2D eigenvalue weighted by atomic mass is 16.3. The molecule has 4 nitrogen and oxygen atoms in total. The maximum absolute atomic E-state index is 10.3. The van der Waals surface area contributed by atoms with E-state index in [0.29, 0.717) is 0 Å². The fourth-order valence-electron chi connectivity index (χ4n) is 2.43. The lowest BCUT2D eigenvalue weighted by Gasteiger charge is -2.32. The zero-order valence-corrected chi connectivity index (χ0v) is 14.9. The molecule has 1 fully saturated rings. The maximum atomic E-state index is 10.3. The predicted molar refractivity (Wildman–Crippen MR) is 88.4 cm³/mol. The summed E-state index contributed by atoms with van der Waals surface area (Å²) in [5.41, 5.74) is -0.122. The van der Waals surface area contributed by atoms with Crippen molar-refractivity contribution in [1.82, 2.24) is 9.80 Å². The summed E-state index contributed by atoms with van der Waals surface area (Å²) in [6, 6.07) is 0. The Kier molecular flexibility index (Phi) is 6.66. The summed E-state index contributed by atoms with van der Waals surface area (Å²) < 4.78 is 0. The van der Waals surface area contributed by atoms with Crippen molar-refractivity contribution in [3.05, 3.63) is 0 Å². The second-order valence-electron chi connectivity index (χ2n) is 8.72. The molecule has 4 heteroatoms. The molecule has 0 radical (unpaired) electrons. The summed E-state index contributed by atoms with van der Waals surface area (Å²) in [6.45, 7) is 18.0. The van der Waals surface area contributed by atoms with Crippen LogP contribution in [-0.4, -0.2) is 71.5 Å². The Balaban J connectivity index is 2.44. The molecule has 2 N–H and O–H groups in total. The second-order valence-corrected chi connectivity index (χ2v) is 8.72. The van der Waals surface area contributed by atoms with Crippen molar-refractivity contribution < 1.29 is 10.2 Å². The molecule has 0 aliphatic carbocycles. The molecular weight excluding hydrogens is 264 g/mol. The predicted octanol–water partition coefficient (Wildman–Crippen LogP) is 1.81. The van der Waals surface area contributed by atoms with E-state index in [-0.39, 0.29) is 23.0 Å². The van der Waals surface area contributed by atoms with E-state index < -0.39 is 0 Å². The highest BCUT2D eigenvalue weighted by Crippen LogP contribution is 2.22. The second kappa shape index (κ2) is 7.40. The third-order valence-corrected chi connectivity index (χ3v) is 4.54. The molecule has 1 rings (SSSR count). The molecule has 0 saturated carbocycles. The van der Waals surface area contributed by atoms with E-state index >= 15 is 0 Å². The Labute approximate surface area is 131 Å². The highest BCUT2D eigenvalue weighted by molar-refractivity contribution is 4.81. The number of hydrogen-bond acceptors (Lipinski definition) is 4. The number of aliphatic hydroxyl groups excluding tert-OH is 2. The van der Waals surface area contributed by atoms with Crippen LogP contribution in [0.2, 0.25) is 0 Å². The molecule has 1 saturated heterocycles. The molecule has 21 heavy (non-hydrogen) atoms. The molecule has 126 valence electrons. The fraction of sp³-hybridized carbons (Fsp3) is 1.00. The van der Waals surface area contributed by atoms with Gasteiger partial charge < -0.3 is 10.2 Å². The zero-order chi connectivity index (χ0) is 16.3. The van der Waals surface area contributed by atoms with E-state index in [2.05, 4.69) is 51.3 Å². The van der Waals surface area contributed by atoms with Crippen molar-refractivity contribution in [3.63, 3.8) is 0 Å². The van der Waals surface area contributed by atoms with Gasteiger partial charge in [0, 0.05) is 26.2 Å². The Hall–Kier alpha value is -0.160. The Morgan fingerprint density at radius 2 is 1.05 bits per heavy atom. The Bertz CT molecular complexity index is 277. The largest absolute Gasteiger partial charge is 0.391 e. The third-order valence-electron chi connectivity index (χ3n) is 4.54. The first-order chi connectivity index (χ1) is 9.50. The van der Waals surface area contributed by atoms with Crippen LogP contribution in [0, 0.1) is 10.8 Å². The van der Waals surface area contributed by atoms with Gasteiger partial charge in [-0.3, -0.25) is 9.80 Å². The maximum Gasteiger partial charge on any atom is 0.0715 e. The Morgan fingerprint density at radius 3 is 1.33 bits per heavy atom. The fourth-order valence-corrected chi connectivity index (χ4v) is 2.43. The lowest BCUT2D eigenvalue weighted by atomic mass is 9.89. The van der Waals surface area contributed by atoms with E-state index in [1.54, 1.807) is 0 Å². The minimum absolute atomic E-state index is 0.0611. The number of hydrogen-bond donors (Lipinski definition) is 2. The monoisotopic (exact) mass is 300 g/mol. The van der Waals surface area contributed by atoms with E-state index in [1.807, 2.05) is 0 Å². The van der Waals surface area contributed by atoms with Gasteiger partial charge in [-0.05, 0) is 30.3 Å². The van der Waals surface area contributed by atoms with Gasteiger partial charge in [-0.2, -0.15) is 0 Å². The Morgan fingerprint density at radius 1 is 0.714 bits per heavy atom. The molecule has 0 unspecified atom stereocenters. The average Bonchev–Trinajstić information content (AvgIpc) is 2.52. The molecule has 1 aliphatic heterocycles. The van der Waals surface area contributed by atoms with Crippen LogP contribution in [0.5, 0.6) is 0 Å². The summed E-state index contributed by atoms with van der Waals surface area (Å²) in [5.74, 6) is 0. The van der Waals surface area contributed by atoms with Crippen LogP contribution in [0.15, 0.2) is 0 Å². The van der Waals surface area contributed by atoms with Crippen LogP contribution in [0.4, 0.5) is 0 Å². The van der Waals surface area contributed by atoms with E-state index in [0.717, 1.165) is 45.7 Å². The van der Waals surface area contributed by atoms with Gasteiger partial charge in [0.25, 0.3) is 0 Å². The van der Waals surface area contributed by atoms with Crippen LogP contribution in [-0.2, 0) is 0 Å². The molecule has 0 aromatic carbocycles. The third kappa shape index (κ3) is 6.64. The summed E-state index contributed by atoms with van der Waals surface area (Å²) >= 11 is 0. The standard InChI is InChI=1S/C17H36N2O2/c1-16(2,3)14(20)12-18-8-7-9-19(11-10-18)13-15(21)17(4,5)6/h14-15,20-21H,7-13H2,1-6H3/t14-,15-/m1/s1. The van der Waals surface area contributed by atoms with Gasteiger partial charge in [-0.1, -0.05) is 41.5 Å². The number of rotatable bonds is 4. The average molecular weight is 300 g/mol. The van der Waals surface area contributed by atoms with Crippen LogP contribution in [0.3, 0.4) is 0 Å².